The Balaban J connectivity index is 2.03. The number of carboxylic acid groups (broad SMARTS) is 1. The van der Waals surface area contributed by atoms with Gasteiger partial charge in [-0.3, -0.25) is 4.79 Å². The number of halogens is 4. The van der Waals surface area contributed by atoms with Gasteiger partial charge in [-0.2, -0.15) is 0 Å². The second-order valence-corrected chi connectivity index (χ2v) is 10.6. The zero-order valence-corrected chi connectivity index (χ0v) is 22.6. The van der Waals surface area contributed by atoms with Crippen molar-refractivity contribution in [3.05, 3.63) is 88.0 Å². The van der Waals surface area contributed by atoms with Gasteiger partial charge in [-0.1, -0.05) is 41.4 Å². The Bertz CT molecular complexity index is 1230. The SMILES string of the molecule is Cc1cc(C(C)(C(=O)[O-])c2ccc(Cl)cc2)c(Cl)cc1NC(=O)c1cc(I)cc(I)c1O. The van der Waals surface area contributed by atoms with Gasteiger partial charge < -0.3 is 20.3 Å². The average molecular weight is 695 g/mol. The second kappa shape index (κ2) is 9.74. The lowest BCUT2D eigenvalue weighted by Gasteiger charge is -2.33. The van der Waals surface area contributed by atoms with Crippen molar-refractivity contribution in [1.82, 2.24) is 0 Å². The standard InChI is InChI=1S/C23H17Cl2I2NO4/c1-11-7-16(23(2,22(31)32)12-3-5-13(24)6-4-12)17(25)10-19(11)28-21(30)15-8-14(26)9-18(27)20(15)29/h3-10,29H,1-2H3,(H,28,30)(H,31,32)/p-1. The van der Waals surface area contributed by atoms with Crippen molar-refractivity contribution >= 4 is 85.9 Å². The van der Waals surface area contributed by atoms with Gasteiger partial charge in [0.1, 0.15) is 5.75 Å². The lowest BCUT2D eigenvalue weighted by Crippen LogP contribution is -2.44. The molecular formula is C23H16Cl2I2NO4-. The van der Waals surface area contributed by atoms with Crippen molar-refractivity contribution in [3.8, 4) is 5.75 Å². The Hall–Kier alpha value is -1.56. The number of rotatable bonds is 5. The summed E-state index contributed by atoms with van der Waals surface area (Å²) >= 11 is 16.5. The summed E-state index contributed by atoms with van der Waals surface area (Å²) in [6.07, 6.45) is 0. The Morgan fingerprint density at radius 2 is 1.69 bits per heavy atom. The van der Waals surface area contributed by atoms with Gasteiger partial charge in [0.2, 0.25) is 0 Å². The van der Waals surface area contributed by atoms with E-state index in [0.717, 1.165) is 3.57 Å². The van der Waals surface area contributed by atoms with Gasteiger partial charge in [0.25, 0.3) is 5.91 Å². The quantitative estimate of drug-likeness (QED) is 0.344. The lowest BCUT2D eigenvalue weighted by molar-refractivity contribution is -0.311. The molecule has 0 aliphatic heterocycles. The first kappa shape index (κ1) is 25.1. The molecule has 3 aromatic rings. The molecule has 0 fully saturated rings. The number of phenols is 1. The molecule has 0 bridgehead atoms. The van der Waals surface area contributed by atoms with Gasteiger partial charge in [-0.25, -0.2) is 0 Å². The van der Waals surface area contributed by atoms with Crippen molar-refractivity contribution in [3.63, 3.8) is 0 Å². The third-order valence-electron chi connectivity index (χ3n) is 5.20. The van der Waals surface area contributed by atoms with Gasteiger partial charge in [-0.15, -0.1) is 0 Å². The Labute approximate surface area is 222 Å². The molecule has 32 heavy (non-hydrogen) atoms. The minimum atomic E-state index is -1.54. The smallest absolute Gasteiger partial charge is 0.259 e. The van der Waals surface area contributed by atoms with E-state index in [2.05, 4.69) is 27.9 Å². The van der Waals surface area contributed by atoms with Crippen molar-refractivity contribution in [2.24, 2.45) is 0 Å². The predicted molar refractivity (Wildman–Crippen MR) is 141 cm³/mol. The summed E-state index contributed by atoms with van der Waals surface area (Å²) < 4.78 is 1.35. The van der Waals surface area contributed by atoms with Crippen LogP contribution in [0.15, 0.2) is 48.5 Å². The summed E-state index contributed by atoms with van der Waals surface area (Å²) in [5.41, 5.74) is 0.357. The first-order valence-electron chi connectivity index (χ1n) is 9.22. The third-order valence-corrected chi connectivity index (χ3v) is 7.21. The second-order valence-electron chi connectivity index (χ2n) is 7.30. The Morgan fingerprint density at radius 1 is 1.06 bits per heavy atom. The molecule has 0 spiro atoms. The fourth-order valence-electron chi connectivity index (χ4n) is 3.29. The number of aromatic hydroxyl groups is 1. The number of anilines is 1. The van der Waals surface area contributed by atoms with Crippen LogP contribution < -0.4 is 10.4 Å². The summed E-state index contributed by atoms with van der Waals surface area (Å²) in [5, 5.41) is 25.9. The molecule has 0 radical (unpaired) electrons. The summed E-state index contributed by atoms with van der Waals surface area (Å²) in [7, 11) is 0. The van der Waals surface area contributed by atoms with Gasteiger partial charge in [0, 0.05) is 19.3 Å². The minimum Gasteiger partial charge on any atom is -0.549 e. The molecule has 9 heteroatoms. The van der Waals surface area contributed by atoms with Crippen molar-refractivity contribution < 1.29 is 19.8 Å². The van der Waals surface area contributed by atoms with Crippen LogP contribution in [0.5, 0.6) is 5.75 Å². The number of carbonyl (C=O) groups excluding carboxylic acids is 2. The number of amides is 1. The number of benzene rings is 3. The zero-order chi connectivity index (χ0) is 23.8. The lowest BCUT2D eigenvalue weighted by atomic mass is 9.75. The van der Waals surface area contributed by atoms with Gasteiger partial charge in [0.15, 0.2) is 0 Å². The van der Waals surface area contributed by atoms with E-state index in [-0.39, 0.29) is 16.3 Å². The molecule has 1 atom stereocenters. The maximum atomic E-state index is 12.8. The van der Waals surface area contributed by atoms with E-state index in [1.165, 1.54) is 13.0 Å². The molecule has 2 N–H and O–H groups in total. The molecule has 0 aliphatic carbocycles. The fourth-order valence-corrected chi connectivity index (χ4v) is 5.62. The number of aryl methyl sites for hydroxylation is 1. The van der Waals surface area contributed by atoms with E-state index in [1.807, 2.05) is 22.6 Å². The number of carboxylic acids is 1. The van der Waals surface area contributed by atoms with Crippen LogP contribution in [0.3, 0.4) is 0 Å². The van der Waals surface area contributed by atoms with Crippen LogP contribution >= 0.6 is 68.4 Å². The van der Waals surface area contributed by atoms with Crippen LogP contribution in [0.4, 0.5) is 5.69 Å². The number of hydrogen-bond donors (Lipinski definition) is 2. The summed E-state index contributed by atoms with van der Waals surface area (Å²) in [4.78, 5) is 25.0. The van der Waals surface area contributed by atoms with Crippen molar-refractivity contribution in [2.75, 3.05) is 5.32 Å². The van der Waals surface area contributed by atoms with Crippen LogP contribution in [0.25, 0.3) is 0 Å². The van der Waals surface area contributed by atoms with Crippen LogP contribution in [0, 0.1) is 14.1 Å². The molecule has 1 amide bonds. The van der Waals surface area contributed by atoms with Crippen molar-refractivity contribution in [2.45, 2.75) is 19.3 Å². The number of aliphatic carboxylic acids is 1. The zero-order valence-electron chi connectivity index (χ0n) is 16.8. The molecular weight excluding hydrogens is 679 g/mol. The summed E-state index contributed by atoms with van der Waals surface area (Å²) in [6, 6.07) is 12.9. The molecule has 1 unspecified atom stereocenters. The first-order valence-corrected chi connectivity index (χ1v) is 12.1. The molecule has 166 valence electrons. The molecule has 5 nitrogen and oxygen atoms in total. The van der Waals surface area contributed by atoms with E-state index < -0.39 is 17.3 Å². The highest BCUT2D eigenvalue weighted by Gasteiger charge is 2.33. The number of hydrogen-bond acceptors (Lipinski definition) is 4. The maximum absolute atomic E-state index is 12.8. The van der Waals surface area contributed by atoms with E-state index in [4.69, 9.17) is 23.2 Å². The monoisotopic (exact) mass is 694 g/mol. The van der Waals surface area contributed by atoms with Gasteiger partial charge in [0.05, 0.1) is 20.5 Å². The Kier molecular flexibility index (Phi) is 7.63. The highest BCUT2D eigenvalue weighted by atomic mass is 127. The molecule has 3 rings (SSSR count). The minimum absolute atomic E-state index is 0.115. The van der Waals surface area contributed by atoms with Gasteiger partial charge >= 0.3 is 0 Å². The third kappa shape index (κ3) is 4.85. The van der Waals surface area contributed by atoms with E-state index >= 15 is 0 Å². The van der Waals surface area contributed by atoms with E-state index in [0.29, 0.717) is 31.0 Å². The fraction of sp³-hybridized carbons (Fsp3) is 0.130. The summed E-state index contributed by atoms with van der Waals surface area (Å²) in [6.45, 7) is 3.24. The first-order chi connectivity index (χ1) is 14.9. The number of nitrogens with one attached hydrogen (secondary N) is 1. The topological polar surface area (TPSA) is 89.5 Å². The molecule has 0 heterocycles. The molecule has 3 aromatic carbocycles. The summed E-state index contributed by atoms with van der Waals surface area (Å²) in [5.74, 6) is -1.95. The average Bonchev–Trinajstić information content (AvgIpc) is 2.72. The van der Waals surface area contributed by atoms with Crippen LogP contribution in [-0.4, -0.2) is 17.0 Å². The highest BCUT2D eigenvalue weighted by molar-refractivity contribution is 14.1. The molecule has 0 saturated carbocycles. The molecule has 0 aromatic heterocycles. The van der Waals surface area contributed by atoms with E-state index in [1.54, 1.807) is 49.4 Å². The Morgan fingerprint density at radius 3 is 2.28 bits per heavy atom. The number of phenolic OH excluding ortho intramolecular Hbond substituents is 1. The largest absolute Gasteiger partial charge is 0.549 e. The van der Waals surface area contributed by atoms with E-state index in [9.17, 15) is 19.8 Å². The number of carbonyl (C=O) groups is 2. The highest BCUT2D eigenvalue weighted by Crippen LogP contribution is 2.39. The van der Waals surface area contributed by atoms with Crippen LogP contribution in [0.1, 0.15) is 34.0 Å². The van der Waals surface area contributed by atoms with Crippen molar-refractivity contribution in [1.29, 1.82) is 0 Å². The maximum Gasteiger partial charge on any atom is 0.259 e. The van der Waals surface area contributed by atoms with Crippen LogP contribution in [-0.2, 0) is 10.2 Å². The van der Waals surface area contributed by atoms with Gasteiger partial charge in [-0.05, 0) is 106 Å². The normalized spacial score (nSPS) is 12.8. The predicted octanol–water partition coefficient (Wildman–Crippen LogP) is 5.52. The molecule has 0 saturated heterocycles. The van der Waals surface area contributed by atoms with Crippen LogP contribution in [0.2, 0.25) is 10.0 Å². The molecule has 0 aliphatic rings.